The monoisotopic (exact) mass is 396 g/mol. The first-order valence-electron chi connectivity index (χ1n) is 7.97. The molecule has 0 radical (unpaired) electrons. The number of sulfonamides is 1. The highest BCUT2D eigenvalue weighted by Crippen LogP contribution is 2.22. The number of benzene rings is 2. The molecule has 0 saturated carbocycles. The molecular weight excluding hydrogens is 384 g/mol. The van der Waals surface area contributed by atoms with Gasteiger partial charge in [0.05, 0.1) is 15.5 Å². The van der Waals surface area contributed by atoms with E-state index in [4.69, 9.17) is 0 Å². The van der Waals surface area contributed by atoms with E-state index in [1.54, 1.807) is 40.9 Å². The molecule has 0 saturated heterocycles. The lowest BCUT2D eigenvalue weighted by molar-refractivity contribution is -0.384. The summed E-state index contributed by atoms with van der Waals surface area (Å²) in [6.45, 7) is 0. The Morgan fingerprint density at radius 1 is 0.964 bits per heavy atom. The fourth-order valence-corrected chi connectivity index (χ4v) is 3.61. The highest BCUT2D eigenvalue weighted by molar-refractivity contribution is 7.92. The van der Waals surface area contributed by atoms with E-state index in [-0.39, 0.29) is 10.6 Å². The minimum atomic E-state index is -3.86. The van der Waals surface area contributed by atoms with Crippen LogP contribution in [0.2, 0.25) is 0 Å². The van der Waals surface area contributed by atoms with Crippen molar-refractivity contribution in [2.75, 3.05) is 4.72 Å². The summed E-state index contributed by atoms with van der Waals surface area (Å²) < 4.78 is 28.9. The van der Waals surface area contributed by atoms with Gasteiger partial charge in [-0.05, 0) is 36.4 Å². The second-order valence-corrected chi connectivity index (χ2v) is 7.47. The van der Waals surface area contributed by atoms with Gasteiger partial charge in [0.25, 0.3) is 15.7 Å². The van der Waals surface area contributed by atoms with Crippen molar-refractivity contribution in [3.05, 3.63) is 77.1 Å². The van der Waals surface area contributed by atoms with E-state index in [1.165, 1.54) is 18.5 Å². The third-order valence-corrected chi connectivity index (χ3v) is 5.35. The Morgan fingerprint density at radius 2 is 1.68 bits per heavy atom. The average Bonchev–Trinajstić information content (AvgIpc) is 3.16. The molecule has 11 heteroatoms. The standard InChI is InChI=1S/C17H12N6O4S/c24-23(25)14-5-7-15(8-6-14)28(26,27)21-13-3-1-12(2-4-13)16-9-10-17-19-18-11-22(17)20-16/h1-11,21H. The van der Waals surface area contributed by atoms with Crippen LogP contribution in [0.3, 0.4) is 0 Å². The molecule has 2 aromatic carbocycles. The summed E-state index contributed by atoms with van der Waals surface area (Å²) >= 11 is 0. The fraction of sp³-hybridized carbons (Fsp3) is 0. The molecule has 10 nitrogen and oxygen atoms in total. The minimum Gasteiger partial charge on any atom is -0.280 e. The molecule has 4 aromatic rings. The maximum absolute atomic E-state index is 12.4. The van der Waals surface area contributed by atoms with Gasteiger partial charge >= 0.3 is 0 Å². The van der Waals surface area contributed by atoms with Crippen LogP contribution in [-0.2, 0) is 10.0 Å². The van der Waals surface area contributed by atoms with E-state index in [0.717, 1.165) is 17.7 Å². The summed E-state index contributed by atoms with van der Waals surface area (Å²) in [5.41, 5.74) is 2.26. The van der Waals surface area contributed by atoms with Crippen molar-refractivity contribution in [2.45, 2.75) is 4.90 Å². The molecule has 140 valence electrons. The predicted octanol–water partition coefficient (Wildman–Crippen LogP) is 2.50. The van der Waals surface area contributed by atoms with Crippen LogP contribution in [0.25, 0.3) is 16.9 Å². The molecule has 0 aliphatic heterocycles. The van der Waals surface area contributed by atoms with Gasteiger partial charge in [-0.25, -0.2) is 8.42 Å². The molecule has 0 aliphatic carbocycles. The molecule has 0 amide bonds. The number of nitrogens with one attached hydrogen (secondary N) is 1. The van der Waals surface area contributed by atoms with Crippen LogP contribution in [0.5, 0.6) is 0 Å². The number of non-ortho nitro benzene ring substituents is 1. The second kappa shape index (κ2) is 6.70. The number of fused-ring (bicyclic) bond motifs is 1. The summed E-state index contributed by atoms with van der Waals surface area (Å²) in [4.78, 5) is 10.0. The zero-order valence-corrected chi connectivity index (χ0v) is 14.9. The van der Waals surface area contributed by atoms with Gasteiger partial charge in [0.1, 0.15) is 6.33 Å². The maximum Gasteiger partial charge on any atom is 0.269 e. The van der Waals surface area contributed by atoms with Crippen molar-refractivity contribution in [1.29, 1.82) is 0 Å². The summed E-state index contributed by atoms with van der Waals surface area (Å²) in [7, 11) is -3.86. The number of nitro benzene ring substituents is 1. The Balaban J connectivity index is 1.55. The Hall–Kier alpha value is -3.86. The third kappa shape index (κ3) is 3.38. The van der Waals surface area contributed by atoms with Gasteiger partial charge in [0.2, 0.25) is 0 Å². The van der Waals surface area contributed by atoms with Crippen LogP contribution in [-0.4, -0.2) is 33.2 Å². The molecule has 2 heterocycles. The average molecular weight is 396 g/mol. The van der Waals surface area contributed by atoms with Gasteiger partial charge in [-0.3, -0.25) is 14.8 Å². The zero-order chi connectivity index (χ0) is 19.7. The first-order valence-corrected chi connectivity index (χ1v) is 9.45. The molecule has 0 aliphatic rings. The molecule has 0 unspecified atom stereocenters. The number of nitrogens with zero attached hydrogens (tertiary/aromatic N) is 5. The highest BCUT2D eigenvalue weighted by atomic mass is 32.2. The molecule has 1 N–H and O–H groups in total. The molecule has 0 bridgehead atoms. The number of nitro groups is 1. The largest absolute Gasteiger partial charge is 0.280 e. The smallest absolute Gasteiger partial charge is 0.269 e. The summed E-state index contributed by atoms with van der Waals surface area (Å²) in [5, 5.41) is 22.7. The summed E-state index contributed by atoms with van der Waals surface area (Å²) in [6, 6.07) is 14.9. The molecule has 0 fully saturated rings. The van der Waals surface area contributed by atoms with Crippen LogP contribution in [0.1, 0.15) is 0 Å². The van der Waals surface area contributed by atoms with E-state index in [0.29, 0.717) is 17.0 Å². The van der Waals surface area contributed by atoms with Gasteiger partial charge in [-0.1, -0.05) is 12.1 Å². The number of hydrogen-bond donors (Lipinski definition) is 1. The Morgan fingerprint density at radius 3 is 2.36 bits per heavy atom. The van der Waals surface area contributed by atoms with E-state index >= 15 is 0 Å². The van der Waals surface area contributed by atoms with Crippen molar-refractivity contribution in [3.63, 3.8) is 0 Å². The Kier molecular flexibility index (Phi) is 4.20. The first kappa shape index (κ1) is 17.5. The fourth-order valence-electron chi connectivity index (χ4n) is 2.55. The lowest BCUT2D eigenvalue weighted by Gasteiger charge is -2.09. The molecule has 28 heavy (non-hydrogen) atoms. The molecule has 0 atom stereocenters. The topological polar surface area (TPSA) is 132 Å². The minimum absolute atomic E-state index is 0.0677. The summed E-state index contributed by atoms with van der Waals surface area (Å²) in [5.74, 6) is 0. The van der Waals surface area contributed by atoms with Crippen LogP contribution in [0.15, 0.2) is 71.9 Å². The van der Waals surface area contributed by atoms with E-state index in [2.05, 4.69) is 20.0 Å². The van der Waals surface area contributed by atoms with E-state index < -0.39 is 14.9 Å². The quantitative estimate of drug-likeness (QED) is 0.405. The predicted molar refractivity (Wildman–Crippen MR) is 100 cm³/mol. The second-order valence-electron chi connectivity index (χ2n) is 5.79. The van der Waals surface area contributed by atoms with Gasteiger partial charge in [0, 0.05) is 23.4 Å². The number of rotatable bonds is 5. The first-order chi connectivity index (χ1) is 13.4. The Bertz CT molecular complexity index is 1270. The lowest BCUT2D eigenvalue weighted by Crippen LogP contribution is -2.12. The van der Waals surface area contributed by atoms with Crippen molar-refractivity contribution >= 4 is 27.0 Å². The third-order valence-electron chi connectivity index (χ3n) is 3.95. The van der Waals surface area contributed by atoms with Crippen molar-refractivity contribution in [3.8, 4) is 11.3 Å². The lowest BCUT2D eigenvalue weighted by atomic mass is 10.1. The SMILES string of the molecule is O=[N+]([O-])c1ccc(S(=O)(=O)Nc2ccc(-c3ccc4nncn4n3)cc2)cc1. The van der Waals surface area contributed by atoms with Crippen LogP contribution < -0.4 is 4.72 Å². The van der Waals surface area contributed by atoms with Crippen molar-refractivity contribution < 1.29 is 13.3 Å². The zero-order valence-electron chi connectivity index (χ0n) is 14.1. The van der Waals surface area contributed by atoms with Crippen LogP contribution >= 0.6 is 0 Å². The number of anilines is 1. The van der Waals surface area contributed by atoms with Gasteiger partial charge in [-0.15, -0.1) is 10.2 Å². The van der Waals surface area contributed by atoms with Crippen LogP contribution in [0.4, 0.5) is 11.4 Å². The normalized spacial score (nSPS) is 11.4. The number of aromatic nitrogens is 4. The molecule has 4 rings (SSSR count). The molecular formula is C17H12N6O4S. The van der Waals surface area contributed by atoms with Crippen molar-refractivity contribution in [2.24, 2.45) is 0 Å². The van der Waals surface area contributed by atoms with Gasteiger partial charge in [0.15, 0.2) is 5.65 Å². The van der Waals surface area contributed by atoms with E-state index in [9.17, 15) is 18.5 Å². The van der Waals surface area contributed by atoms with Crippen molar-refractivity contribution in [1.82, 2.24) is 19.8 Å². The highest BCUT2D eigenvalue weighted by Gasteiger charge is 2.16. The summed E-state index contributed by atoms with van der Waals surface area (Å²) in [6.07, 6.45) is 1.49. The molecule has 2 aromatic heterocycles. The number of hydrogen-bond acceptors (Lipinski definition) is 7. The van der Waals surface area contributed by atoms with Gasteiger partial charge < -0.3 is 0 Å². The Labute approximate surface area is 158 Å². The van der Waals surface area contributed by atoms with Gasteiger partial charge in [-0.2, -0.15) is 9.61 Å². The van der Waals surface area contributed by atoms with E-state index in [1.807, 2.05) is 0 Å². The molecule has 0 spiro atoms. The maximum atomic E-state index is 12.4. The van der Waals surface area contributed by atoms with Crippen LogP contribution in [0, 0.1) is 10.1 Å².